The molecule has 2 aliphatic heterocycles. The van der Waals surface area contributed by atoms with Crippen molar-refractivity contribution in [2.75, 3.05) is 11.7 Å². The summed E-state index contributed by atoms with van der Waals surface area (Å²) in [5.41, 5.74) is 1.01. The molecule has 1 amide bonds. The fourth-order valence-electron chi connectivity index (χ4n) is 4.50. The van der Waals surface area contributed by atoms with Crippen molar-refractivity contribution in [1.82, 2.24) is 9.58 Å². The van der Waals surface area contributed by atoms with Crippen LogP contribution in [0.25, 0.3) is 0 Å². The number of halogens is 4. The summed E-state index contributed by atoms with van der Waals surface area (Å²) in [6.07, 6.45) is -3.41. The molecule has 6 nitrogen and oxygen atoms in total. The first-order valence-electron chi connectivity index (χ1n) is 10.7. The zero-order valence-corrected chi connectivity index (χ0v) is 19.9. The first-order valence-corrected chi connectivity index (χ1v) is 12.0. The maximum Gasteiger partial charge on any atom is 0.408 e. The molecule has 1 N–H and O–H groups in total. The summed E-state index contributed by atoms with van der Waals surface area (Å²) in [4.78, 5) is 26.9. The third-order valence-electron chi connectivity index (χ3n) is 6.37. The standard InChI is InChI=1S/C24H19ClF3N3O3S/c1-13(24(26,27)28)29-12-31(30-10-9-18(32)22(33)21(30)23(29)34)20-14-6-4-7-17(25)16(14)11-35-19-8-3-2-5-15(19)20/h2-10,13,20,33H,11-12H2,1H3/t13-,20-/m0/s1. The lowest BCUT2D eigenvalue weighted by molar-refractivity contribution is -0.173. The van der Waals surface area contributed by atoms with Gasteiger partial charge in [-0.05, 0) is 35.7 Å². The molecular weight excluding hydrogens is 503 g/mol. The maximum atomic E-state index is 13.8. The maximum absolute atomic E-state index is 13.8. The van der Waals surface area contributed by atoms with Gasteiger partial charge in [0.15, 0.2) is 11.4 Å². The van der Waals surface area contributed by atoms with E-state index in [1.54, 1.807) is 28.9 Å². The molecule has 0 spiro atoms. The number of amides is 1. The summed E-state index contributed by atoms with van der Waals surface area (Å²) >= 11 is 8.09. The SMILES string of the molecule is C[C@H](N1CN([C@@H]2c3ccccc3SCc3c(Cl)cccc32)n2ccc(=O)c(O)c2C1=O)C(F)(F)F. The van der Waals surface area contributed by atoms with Gasteiger partial charge in [0.25, 0.3) is 5.91 Å². The first-order chi connectivity index (χ1) is 16.6. The Morgan fingerprint density at radius 1 is 1.09 bits per heavy atom. The molecule has 0 saturated heterocycles. The lowest BCUT2D eigenvalue weighted by atomic mass is 9.94. The van der Waals surface area contributed by atoms with Crippen LogP contribution in [0.15, 0.2) is 64.4 Å². The van der Waals surface area contributed by atoms with E-state index in [9.17, 15) is 27.9 Å². The van der Waals surface area contributed by atoms with Gasteiger partial charge in [0.2, 0.25) is 5.43 Å². The predicted octanol–water partition coefficient (Wildman–Crippen LogP) is 4.90. The quantitative estimate of drug-likeness (QED) is 0.519. The molecule has 35 heavy (non-hydrogen) atoms. The van der Waals surface area contributed by atoms with E-state index in [0.717, 1.165) is 34.6 Å². The first kappa shape index (κ1) is 23.6. The number of benzene rings is 2. The summed E-state index contributed by atoms with van der Waals surface area (Å²) in [6, 6.07) is 11.1. The fourth-order valence-corrected chi connectivity index (χ4v) is 5.97. The molecule has 0 unspecified atom stereocenters. The Labute approximate surface area is 207 Å². The van der Waals surface area contributed by atoms with Gasteiger partial charge in [-0.15, -0.1) is 11.8 Å². The van der Waals surface area contributed by atoms with Gasteiger partial charge in [-0.1, -0.05) is 41.9 Å². The second-order valence-electron chi connectivity index (χ2n) is 8.33. The topological polar surface area (TPSA) is 65.8 Å². The lowest BCUT2D eigenvalue weighted by Gasteiger charge is -2.46. The molecule has 182 valence electrons. The average Bonchev–Trinajstić information content (AvgIpc) is 2.98. The van der Waals surface area contributed by atoms with E-state index in [0.29, 0.717) is 15.7 Å². The van der Waals surface area contributed by atoms with E-state index in [-0.39, 0.29) is 0 Å². The molecule has 11 heteroatoms. The molecule has 0 fully saturated rings. The Balaban J connectivity index is 1.79. The molecule has 2 aliphatic rings. The van der Waals surface area contributed by atoms with Crippen molar-refractivity contribution in [2.45, 2.75) is 35.8 Å². The van der Waals surface area contributed by atoms with Crippen LogP contribution >= 0.6 is 23.4 Å². The summed E-state index contributed by atoms with van der Waals surface area (Å²) in [5.74, 6) is -1.44. The van der Waals surface area contributed by atoms with Crippen molar-refractivity contribution < 1.29 is 23.1 Å². The highest BCUT2D eigenvalue weighted by Crippen LogP contribution is 2.45. The number of thioether (sulfide) groups is 1. The number of carbonyl (C=O) groups is 1. The molecule has 3 heterocycles. The number of alkyl halides is 3. The van der Waals surface area contributed by atoms with Crippen LogP contribution in [0.2, 0.25) is 5.02 Å². The number of nitrogens with zero attached hydrogens (tertiary/aromatic N) is 3. The van der Waals surface area contributed by atoms with Crippen LogP contribution in [0.5, 0.6) is 5.75 Å². The number of hydrogen-bond acceptors (Lipinski definition) is 5. The van der Waals surface area contributed by atoms with E-state index < -0.39 is 47.7 Å². The molecule has 0 saturated carbocycles. The summed E-state index contributed by atoms with van der Waals surface area (Å²) < 4.78 is 42.6. The second kappa shape index (κ2) is 8.53. The summed E-state index contributed by atoms with van der Waals surface area (Å²) in [5, 5.41) is 12.6. The van der Waals surface area contributed by atoms with Crippen LogP contribution in [0.3, 0.4) is 0 Å². The Morgan fingerprint density at radius 2 is 1.80 bits per heavy atom. The Morgan fingerprint density at radius 3 is 2.54 bits per heavy atom. The average molecular weight is 522 g/mol. The molecule has 5 rings (SSSR count). The smallest absolute Gasteiger partial charge is 0.408 e. The number of aromatic hydroxyl groups is 1. The van der Waals surface area contributed by atoms with Crippen LogP contribution in [0, 0.1) is 0 Å². The zero-order valence-electron chi connectivity index (χ0n) is 18.3. The van der Waals surface area contributed by atoms with Crippen LogP contribution in [-0.2, 0) is 5.75 Å². The minimum Gasteiger partial charge on any atom is -0.502 e. The van der Waals surface area contributed by atoms with Crippen LogP contribution in [-0.4, -0.2) is 39.5 Å². The van der Waals surface area contributed by atoms with E-state index >= 15 is 0 Å². The number of fused-ring (bicyclic) bond motifs is 3. The van der Waals surface area contributed by atoms with Crippen molar-refractivity contribution in [3.8, 4) is 5.75 Å². The highest BCUT2D eigenvalue weighted by Gasteiger charge is 2.47. The molecular formula is C24H19ClF3N3O3S. The minimum absolute atomic E-state index is 0.440. The van der Waals surface area contributed by atoms with Gasteiger partial charge in [0, 0.05) is 27.9 Å². The molecule has 0 bridgehead atoms. The van der Waals surface area contributed by atoms with E-state index in [4.69, 9.17) is 11.6 Å². The summed E-state index contributed by atoms with van der Waals surface area (Å²) in [7, 11) is 0. The third kappa shape index (κ3) is 3.84. The molecule has 3 aromatic rings. The van der Waals surface area contributed by atoms with Gasteiger partial charge in [-0.3, -0.25) is 19.3 Å². The number of aromatic nitrogens is 1. The van der Waals surface area contributed by atoms with E-state index in [2.05, 4.69) is 0 Å². The zero-order chi connectivity index (χ0) is 25.1. The number of pyridine rings is 1. The largest absolute Gasteiger partial charge is 0.502 e. The molecule has 2 aromatic carbocycles. The predicted molar refractivity (Wildman–Crippen MR) is 126 cm³/mol. The van der Waals surface area contributed by atoms with Crippen molar-refractivity contribution in [2.24, 2.45) is 0 Å². The van der Waals surface area contributed by atoms with E-state index in [1.165, 1.54) is 10.9 Å². The molecule has 1 aromatic heterocycles. The molecule has 2 atom stereocenters. The third-order valence-corrected chi connectivity index (χ3v) is 7.84. The van der Waals surface area contributed by atoms with Crippen molar-refractivity contribution in [3.63, 3.8) is 0 Å². The van der Waals surface area contributed by atoms with Crippen molar-refractivity contribution in [1.29, 1.82) is 0 Å². The highest BCUT2D eigenvalue weighted by atomic mass is 35.5. The summed E-state index contributed by atoms with van der Waals surface area (Å²) in [6.45, 7) is 0.440. The normalized spacial score (nSPS) is 18.4. The van der Waals surface area contributed by atoms with Crippen molar-refractivity contribution >= 4 is 29.3 Å². The van der Waals surface area contributed by atoms with Gasteiger partial charge in [0.1, 0.15) is 12.7 Å². The van der Waals surface area contributed by atoms with Crippen LogP contribution in [0.1, 0.15) is 40.1 Å². The van der Waals surface area contributed by atoms with Gasteiger partial charge < -0.3 is 10.0 Å². The fraction of sp³-hybridized carbons (Fsp3) is 0.250. The van der Waals surface area contributed by atoms with E-state index in [1.807, 2.05) is 30.3 Å². The Bertz CT molecular complexity index is 1390. The van der Waals surface area contributed by atoms with Crippen LogP contribution < -0.4 is 10.4 Å². The highest BCUT2D eigenvalue weighted by molar-refractivity contribution is 7.98. The number of hydrogen-bond donors (Lipinski definition) is 1. The van der Waals surface area contributed by atoms with Gasteiger partial charge >= 0.3 is 6.18 Å². The number of carbonyl (C=O) groups excluding carboxylic acids is 1. The van der Waals surface area contributed by atoms with Gasteiger partial charge in [0.05, 0.1) is 6.04 Å². The Hall–Kier alpha value is -3.11. The van der Waals surface area contributed by atoms with Crippen LogP contribution in [0.4, 0.5) is 13.2 Å². The van der Waals surface area contributed by atoms with Gasteiger partial charge in [-0.2, -0.15) is 13.2 Å². The number of rotatable bonds is 2. The molecule has 0 aliphatic carbocycles. The molecule has 0 radical (unpaired) electrons. The Kier molecular flexibility index (Phi) is 5.76. The second-order valence-corrected chi connectivity index (χ2v) is 9.76. The van der Waals surface area contributed by atoms with Gasteiger partial charge in [-0.25, -0.2) is 0 Å². The lowest BCUT2D eigenvalue weighted by Crippen LogP contribution is -2.60. The monoisotopic (exact) mass is 521 g/mol. The minimum atomic E-state index is -4.72. The van der Waals surface area contributed by atoms with Crippen molar-refractivity contribution in [3.05, 3.63) is 92.4 Å².